The van der Waals surface area contributed by atoms with Crippen molar-refractivity contribution in [1.29, 1.82) is 0 Å². The summed E-state index contributed by atoms with van der Waals surface area (Å²) in [5.41, 5.74) is 0. The summed E-state index contributed by atoms with van der Waals surface area (Å²) in [6.45, 7) is 0. The van der Waals surface area contributed by atoms with Crippen molar-refractivity contribution in [3.05, 3.63) is 37.3 Å². The summed E-state index contributed by atoms with van der Waals surface area (Å²) in [5.74, 6) is 0.880. The molecule has 0 aliphatic heterocycles. The van der Waals surface area contributed by atoms with Crippen LogP contribution < -0.4 is 5.32 Å². The molecule has 17 heavy (non-hydrogen) atoms. The van der Waals surface area contributed by atoms with Crippen LogP contribution in [0.3, 0.4) is 0 Å². The van der Waals surface area contributed by atoms with Gasteiger partial charge in [0.25, 0.3) is 0 Å². The average molecular weight is 475 g/mol. The Bertz CT molecular complexity index is 461. The van der Waals surface area contributed by atoms with Gasteiger partial charge in [-0.15, -0.1) is 0 Å². The van der Waals surface area contributed by atoms with E-state index < -0.39 is 0 Å². The van der Waals surface area contributed by atoms with Crippen molar-refractivity contribution in [3.8, 4) is 0 Å². The van der Waals surface area contributed by atoms with E-state index in [4.69, 9.17) is 11.6 Å². The van der Waals surface area contributed by atoms with Crippen molar-refractivity contribution in [2.75, 3.05) is 12.4 Å². The van der Waals surface area contributed by atoms with Gasteiger partial charge in [-0.2, -0.15) is 0 Å². The molecule has 0 spiro atoms. The Morgan fingerprint density at radius 3 is 2.00 bits per heavy atom. The third-order valence-corrected chi connectivity index (χ3v) is 3.73. The Hall–Kier alpha value is -0.290. The number of hydrogen-bond acceptors (Lipinski definition) is 5. The first-order valence-electron chi connectivity index (χ1n) is 4.39. The predicted molar refractivity (Wildman–Crippen MR) is 84.1 cm³/mol. The summed E-state index contributed by atoms with van der Waals surface area (Å²) in [6.07, 6.45) is 6.37. The topological polar surface area (TPSA) is 63.6 Å². The average Bonchev–Trinajstić information content (AvgIpc) is 2.34. The van der Waals surface area contributed by atoms with Gasteiger partial charge in [0, 0.05) is 19.4 Å². The fraction of sp³-hybridized carbons (Fsp3) is 0.111. The highest BCUT2D eigenvalue weighted by atomic mass is 127. The smallest absolute Gasteiger partial charge is 0.145 e. The minimum atomic E-state index is 0.514. The number of rotatable bonds is 1. The molecular weight excluding hydrogens is 467 g/mol. The molecule has 2 heterocycles. The largest absolute Gasteiger partial charge is 0.372 e. The second kappa shape index (κ2) is 7.93. The van der Waals surface area contributed by atoms with Gasteiger partial charge < -0.3 is 5.32 Å². The van der Waals surface area contributed by atoms with Crippen molar-refractivity contribution in [1.82, 2.24) is 19.9 Å². The summed E-state index contributed by atoms with van der Waals surface area (Å²) >= 11 is 9.79. The normalized spacial score (nSPS) is 9.18. The van der Waals surface area contributed by atoms with Gasteiger partial charge >= 0.3 is 0 Å². The van der Waals surface area contributed by atoms with Crippen molar-refractivity contribution in [3.63, 3.8) is 0 Å². The zero-order valence-corrected chi connectivity index (χ0v) is 13.8. The molecule has 0 aliphatic rings. The van der Waals surface area contributed by atoms with Crippen LogP contribution in [0.15, 0.2) is 25.0 Å². The van der Waals surface area contributed by atoms with Crippen LogP contribution in [0.1, 0.15) is 0 Å². The van der Waals surface area contributed by atoms with E-state index in [9.17, 15) is 0 Å². The molecule has 2 rings (SSSR count). The number of halogens is 3. The molecule has 0 unspecified atom stereocenters. The van der Waals surface area contributed by atoms with E-state index in [-0.39, 0.29) is 0 Å². The molecule has 2 aromatic rings. The molecule has 0 atom stereocenters. The first-order chi connectivity index (χ1) is 8.15. The number of nitrogens with zero attached hydrogens (tertiary/aromatic N) is 4. The molecule has 0 bridgehead atoms. The number of aromatic nitrogens is 4. The summed E-state index contributed by atoms with van der Waals surface area (Å²) in [7, 11) is 1.84. The van der Waals surface area contributed by atoms with Crippen molar-refractivity contribution >= 4 is 62.6 Å². The summed E-state index contributed by atoms with van der Waals surface area (Å²) in [6, 6.07) is 0. The maximum Gasteiger partial charge on any atom is 0.145 e. The summed E-state index contributed by atoms with van der Waals surface area (Å²) in [5, 5.41) is 3.45. The van der Waals surface area contributed by atoms with Gasteiger partial charge in [-0.05, 0) is 45.2 Å². The van der Waals surface area contributed by atoms with E-state index in [0.717, 1.165) is 13.0 Å². The van der Waals surface area contributed by atoms with Crippen molar-refractivity contribution < 1.29 is 0 Å². The van der Waals surface area contributed by atoms with Crippen LogP contribution in [-0.4, -0.2) is 27.0 Å². The second-order valence-electron chi connectivity index (χ2n) is 2.63. The number of nitrogens with one attached hydrogen (secondary N) is 1. The summed E-state index contributed by atoms with van der Waals surface area (Å²) in [4.78, 5) is 15.3. The lowest BCUT2D eigenvalue weighted by Gasteiger charge is -1.97. The van der Waals surface area contributed by atoms with Gasteiger partial charge in [0.15, 0.2) is 0 Å². The Labute approximate surface area is 131 Å². The van der Waals surface area contributed by atoms with Crippen LogP contribution in [0, 0.1) is 7.14 Å². The van der Waals surface area contributed by atoms with Gasteiger partial charge in [-0.3, -0.25) is 0 Å². The van der Waals surface area contributed by atoms with Crippen LogP contribution in [0.2, 0.25) is 5.15 Å². The van der Waals surface area contributed by atoms with Crippen LogP contribution in [-0.2, 0) is 0 Å². The highest BCUT2D eigenvalue weighted by Gasteiger charge is 1.93. The summed E-state index contributed by atoms with van der Waals surface area (Å²) < 4.78 is 1.92. The maximum absolute atomic E-state index is 5.55. The van der Waals surface area contributed by atoms with Crippen LogP contribution in [0.25, 0.3) is 0 Å². The molecule has 0 radical (unpaired) electrons. The van der Waals surface area contributed by atoms with E-state index >= 15 is 0 Å². The van der Waals surface area contributed by atoms with Crippen LogP contribution >= 0.6 is 56.8 Å². The quantitative estimate of drug-likeness (QED) is 0.508. The fourth-order valence-electron chi connectivity index (χ4n) is 0.794. The Balaban J connectivity index is 0.000000171. The minimum absolute atomic E-state index is 0.514. The lowest BCUT2D eigenvalue weighted by molar-refractivity contribution is 1.14. The fourth-order valence-corrected chi connectivity index (χ4v) is 1.76. The molecule has 90 valence electrons. The lowest BCUT2D eigenvalue weighted by Crippen LogP contribution is -1.94. The third-order valence-electron chi connectivity index (χ3n) is 1.53. The van der Waals surface area contributed by atoms with Gasteiger partial charge in [0.05, 0.1) is 7.14 Å². The van der Waals surface area contributed by atoms with E-state index in [0.29, 0.717) is 5.15 Å². The third kappa shape index (κ3) is 5.25. The Morgan fingerprint density at radius 2 is 1.65 bits per heavy atom. The highest BCUT2D eigenvalue weighted by molar-refractivity contribution is 14.1. The number of anilines is 1. The molecule has 2 aromatic heterocycles. The van der Waals surface area contributed by atoms with E-state index in [1.165, 1.54) is 12.7 Å². The molecule has 0 aliphatic carbocycles. The Morgan fingerprint density at radius 1 is 1.06 bits per heavy atom. The molecule has 1 N–H and O–H groups in total. The van der Waals surface area contributed by atoms with Gasteiger partial charge in [0.1, 0.15) is 23.6 Å². The molecule has 8 heteroatoms. The van der Waals surface area contributed by atoms with Crippen molar-refractivity contribution in [2.24, 2.45) is 0 Å². The molecule has 0 saturated heterocycles. The van der Waals surface area contributed by atoms with Gasteiger partial charge in [-0.25, -0.2) is 19.9 Å². The second-order valence-corrected chi connectivity index (χ2v) is 5.31. The Kier molecular flexibility index (Phi) is 6.89. The van der Waals surface area contributed by atoms with Crippen LogP contribution in [0.4, 0.5) is 5.82 Å². The molecular formula is C9H8ClI2N5. The van der Waals surface area contributed by atoms with Crippen molar-refractivity contribution in [2.45, 2.75) is 0 Å². The number of hydrogen-bond donors (Lipinski definition) is 1. The molecule has 0 saturated carbocycles. The van der Waals surface area contributed by atoms with Crippen LogP contribution in [0.5, 0.6) is 0 Å². The maximum atomic E-state index is 5.55. The zero-order chi connectivity index (χ0) is 12.7. The molecule has 0 aromatic carbocycles. The SMILES string of the molecule is CNc1ncncc1I.Clc1ncncc1I. The lowest BCUT2D eigenvalue weighted by atomic mass is 10.6. The molecule has 5 nitrogen and oxygen atoms in total. The monoisotopic (exact) mass is 475 g/mol. The minimum Gasteiger partial charge on any atom is -0.372 e. The van der Waals surface area contributed by atoms with E-state index in [1.807, 2.05) is 7.05 Å². The standard InChI is InChI=1S/C5H6IN3.C4H2ClIN2/c1-7-5-4(6)2-8-3-9-5;5-4-3(6)1-7-2-8-4/h2-3H,1H3,(H,7,8,9);1-2H. The first-order valence-corrected chi connectivity index (χ1v) is 6.93. The molecule has 0 fully saturated rings. The first kappa shape index (κ1) is 14.8. The van der Waals surface area contributed by atoms with Gasteiger partial charge in [-0.1, -0.05) is 11.6 Å². The van der Waals surface area contributed by atoms with E-state index in [2.05, 4.69) is 70.4 Å². The van der Waals surface area contributed by atoms with Gasteiger partial charge in [0.2, 0.25) is 0 Å². The predicted octanol–water partition coefficient (Wildman–Crippen LogP) is 2.86. The molecule has 0 amide bonds. The highest BCUT2D eigenvalue weighted by Crippen LogP contribution is 2.11. The zero-order valence-electron chi connectivity index (χ0n) is 8.73. The van der Waals surface area contributed by atoms with E-state index in [1.54, 1.807) is 12.4 Å².